The number of hydrogen-bond acceptors (Lipinski definition) is 4. The van der Waals surface area contributed by atoms with E-state index in [1.54, 1.807) is 0 Å². The van der Waals surface area contributed by atoms with E-state index in [4.69, 9.17) is 14.7 Å². The molecule has 118 valence electrons. The Bertz CT molecular complexity index is 474. The van der Waals surface area contributed by atoms with Crippen LogP contribution in [0.1, 0.15) is 75.9 Å². The highest BCUT2D eigenvalue weighted by Crippen LogP contribution is 2.40. The van der Waals surface area contributed by atoms with Gasteiger partial charge in [-0.15, -0.1) is 0 Å². The molecule has 1 saturated carbocycles. The minimum atomic E-state index is -0.279. The van der Waals surface area contributed by atoms with Gasteiger partial charge >= 0.3 is 0 Å². The number of anilines is 1. The highest BCUT2D eigenvalue weighted by molar-refractivity contribution is 5.48. The molecule has 2 rings (SSSR count). The first-order valence-corrected chi connectivity index (χ1v) is 8.24. The van der Waals surface area contributed by atoms with Crippen LogP contribution in [-0.2, 0) is 10.3 Å². The lowest BCUT2D eigenvalue weighted by Gasteiger charge is -2.36. The Hall–Kier alpha value is -1.16. The zero-order valence-corrected chi connectivity index (χ0v) is 14.1. The smallest absolute Gasteiger partial charge is 0.162 e. The summed E-state index contributed by atoms with van der Waals surface area (Å²) in [7, 11) is 1.94. The molecule has 1 aliphatic rings. The van der Waals surface area contributed by atoms with Crippen molar-refractivity contribution >= 4 is 5.82 Å². The van der Waals surface area contributed by atoms with Crippen LogP contribution in [0.5, 0.6) is 0 Å². The molecule has 1 aliphatic carbocycles. The summed E-state index contributed by atoms with van der Waals surface area (Å²) in [5.74, 6) is 2.24. The van der Waals surface area contributed by atoms with Gasteiger partial charge in [-0.05, 0) is 32.6 Å². The average molecular weight is 291 g/mol. The molecule has 0 saturated heterocycles. The van der Waals surface area contributed by atoms with Gasteiger partial charge < -0.3 is 10.1 Å². The van der Waals surface area contributed by atoms with Crippen molar-refractivity contribution in [3.63, 3.8) is 0 Å². The average Bonchev–Trinajstić information content (AvgIpc) is 2.47. The van der Waals surface area contributed by atoms with Gasteiger partial charge in [0.05, 0.1) is 0 Å². The first kappa shape index (κ1) is 16.2. The van der Waals surface area contributed by atoms with Crippen LogP contribution in [0.3, 0.4) is 0 Å². The molecule has 0 aliphatic heterocycles. The monoisotopic (exact) mass is 291 g/mol. The summed E-state index contributed by atoms with van der Waals surface area (Å²) >= 11 is 0. The molecule has 1 aromatic heterocycles. The fraction of sp³-hybridized carbons (Fsp3) is 0.765. The summed E-state index contributed by atoms with van der Waals surface area (Å²) in [6.07, 6.45) is 5.75. The number of aryl methyl sites for hydroxylation is 1. The third kappa shape index (κ3) is 3.20. The molecule has 0 atom stereocenters. The number of nitrogens with one attached hydrogen (secondary N) is 1. The molecule has 0 aromatic carbocycles. The van der Waals surface area contributed by atoms with Gasteiger partial charge in [-0.3, -0.25) is 0 Å². The molecule has 21 heavy (non-hydrogen) atoms. The van der Waals surface area contributed by atoms with Crippen LogP contribution in [0.2, 0.25) is 0 Å². The minimum Gasteiger partial charge on any atom is -0.373 e. The molecule has 0 spiro atoms. The maximum atomic E-state index is 6.16. The van der Waals surface area contributed by atoms with E-state index in [1.165, 1.54) is 24.8 Å². The Kier molecular flexibility index (Phi) is 5.20. The number of aromatic nitrogens is 2. The van der Waals surface area contributed by atoms with Crippen LogP contribution < -0.4 is 5.32 Å². The van der Waals surface area contributed by atoms with Crippen molar-refractivity contribution in [2.24, 2.45) is 0 Å². The van der Waals surface area contributed by atoms with Crippen LogP contribution in [0, 0.1) is 6.92 Å². The van der Waals surface area contributed by atoms with Crippen LogP contribution in [0.4, 0.5) is 5.82 Å². The molecule has 4 nitrogen and oxygen atoms in total. The molecule has 1 N–H and O–H groups in total. The molecule has 0 radical (unpaired) electrons. The van der Waals surface area contributed by atoms with E-state index in [2.05, 4.69) is 33.0 Å². The number of ether oxygens (including phenoxy) is 1. The summed E-state index contributed by atoms with van der Waals surface area (Å²) in [6, 6.07) is 0. The zero-order valence-electron chi connectivity index (χ0n) is 14.1. The summed E-state index contributed by atoms with van der Waals surface area (Å²) in [5.41, 5.74) is 2.01. The van der Waals surface area contributed by atoms with Gasteiger partial charge in [0.1, 0.15) is 11.4 Å². The van der Waals surface area contributed by atoms with Crippen LogP contribution in [-0.4, -0.2) is 23.6 Å². The second kappa shape index (κ2) is 6.73. The third-order valence-corrected chi connectivity index (χ3v) is 4.44. The van der Waals surface area contributed by atoms with Crippen molar-refractivity contribution in [2.45, 2.75) is 71.3 Å². The summed E-state index contributed by atoms with van der Waals surface area (Å²) in [5, 5.41) is 3.25. The molecule has 4 heteroatoms. The molecular formula is C17H29N3O. The highest BCUT2D eigenvalue weighted by Gasteiger charge is 2.38. The topological polar surface area (TPSA) is 47.0 Å². The van der Waals surface area contributed by atoms with Crippen molar-refractivity contribution in [3.05, 3.63) is 17.1 Å². The normalized spacial score (nSPS) is 18.0. The van der Waals surface area contributed by atoms with Crippen LogP contribution in [0.15, 0.2) is 0 Å². The third-order valence-electron chi connectivity index (χ3n) is 4.44. The van der Waals surface area contributed by atoms with E-state index >= 15 is 0 Å². The first-order chi connectivity index (χ1) is 10.0. The van der Waals surface area contributed by atoms with Crippen molar-refractivity contribution in [1.82, 2.24) is 9.97 Å². The highest BCUT2D eigenvalue weighted by atomic mass is 16.5. The fourth-order valence-corrected chi connectivity index (χ4v) is 3.50. The SMILES string of the molecule is CCOC1(c2nc(C)c(C(C)C)c(NC)n2)CCCCC1. The van der Waals surface area contributed by atoms with E-state index < -0.39 is 0 Å². The summed E-state index contributed by atoms with van der Waals surface area (Å²) < 4.78 is 6.16. The lowest BCUT2D eigenvalue weighted by molar-refractivity contribution is -0.0767. The van der Waals surface area contributed by atoms with Crippen molar-refractivity contribution < 1.29 is 4.74 Å². The van der Waals surface area contributed by atoms with Crippen LogP contribution in [0.25, 0.3) is 0 Å². The van der Waals surface area contributed by atoms with E-state index in [0.29, 0.717) is 12.5 Å². The van der Waals surface area contributed by atoms with E-state index in [9.17, 15) is 0 Å². The van der Waals surface area contributed by atoms with E-state index in [0.717, 1.165) is 30.2 Å². The van der Waals surface area contributed by atoms with Gasteiger partial charge in [0.2, 0.25) is 0 Å². The largest absolute Gasteiger partial charge is 0.373 e. The number of hydrogen-bond donors (Lipinski definition) is 1. The molecule has 0 amide bonds. The van der Waals surface area contributed by atoms with E-state index in [1.807, 2.05) is 7.05 Å². The maximum Gasteiger partial charge on any atom is 0.162 e. The number of nitrogens with zero attached hydrogens (tertiary/aromatic N) is 2. The Morgan fingerprint density at radius 1 is 1.19 bits per heavy atom. The predicted octanol–water partition coefficient (Wildman–Crippen LogP) is 4.15. The van der Waals surface area contributed by atoms with E-state index in [-0.39, 0.29) is 5.60 Å². The van der Waals surface area contributed by atoms with Gasteiger partial charge in [-0.1, -0.05) is 33.1 Å². The minimum absolute atomic E-state index is 0.279. The van der Waals surface area contributed by atoms with Gasteiger partial charge in [0.15, 0.2) is 5.82 Å². The Balaban J connectivity index is 2.48. The molecule has 0 unspecified atom stereocenters. The predicted molar refractivity (Wildman–Crippen MR) is 86.8 cm³/mol. The Morgan fingerprint density at radius 3 is 2.38 bits per heavy atom. The molecular weight excluding hydrogens is 262 g/mol. The van der Waals surface area contributed by atoms with Crippen molar-refractivity contribution in [3.8, 4) is 0 Å². The fourth-order valence-electron chi connectivity index (χ4n) is 3.50. The number of rotatable bonds is 5. The van der Waals surface area contributed by atoms with Gasteiger partial charge in [0.25, 0.3) is 0 Å². The van der Waals surface area contributed by atoms with Crippen molar-refractivity contribution in [1.29, 1.82) is 0 Å². The quantitative estimate of drug-likeness (QED) is 0.885. The molecule has 1 fully saturated rings. The standard InChI is InChI=1S/C17H29N3O/c1-6-21-17(10-8-7-9-11-17)16-19-13(4)14(12(2)3)15(18-5)20-16/h12H,6-11H2,1-5H3,(H,18,19,20). The summed E-state index contributed by atoms with van der Waals surface area (Å²) in [6.45, 7) is 9.23. The lowest BCUT2D eigenvalue weighted by Crippen LogP contribution is -2.35. The second-order valence-corrected chi connectivity index (χ2v) is 6.29. The Morgan fingerprint density at radius 2 is 1.86 bits per heavy atom. The molecule has 1 aromatic rings. The first-order valence-electron chi connectivity index (χ1n) is 8.24. The van der Waals surface area contributed by atoms with Crippen molar-refractivity contribution in [2.75, 3.05) is 19.0 Å². The van der Waals surface area contributed by atoms with Gasteiger partial charge in [-0.25, -0.2) is 9.97 Å². The van der Waals surface area contributed by atoms with Gasteiger partial charge in [0, 0.05) is 24.9 Å². The molecule has 1 heterocycles. The van der Waals surface area contributed by atoms with Crippen LogP contribution >= 0.6 is 0 Å². The second-order valence-electron chi connectivity index (χ2n) is 6.29. The molecule has 0 bridgehead atoms. The zero-order chi connectivity index (χ0) is 15.5. The Labute approximate surface area is 128 Å². The maximum absolute atomic E-state index is 6.16. The van der Waals surface area contributed by atoms with Gasteiger partial charge in [-0.2, -0.15) is 0 Å². The summed E-state index contributed by atoms with van der Waals surface area (Å²) in [4.78, 5) is 9.68. The lowest BCUT2D eigenvalue weighted by atomic mass is 9.83.